The lowest BCUT2D eigenvalue weighted by Crippen LogP contribution is -2.40. The van der Waals surface area contributed by atoms with Crippen molar-refractivity contribution in [3.63, 3.8) is 0 Å². The number of carbonyl (C=O) groups is 1. The molecule has 3 rings (SSSR count). The van der Waals surface area contributed by atoms with Gasteiger partial charge in [-0.1, -0.05) is 0 Å². The highest BCUT2D eigenvalue weighted by molar-refractivity contribution is 5.90. The van der Waals surface area contributed by atoms with Gasteiger partial charge < -0.3 is 15.0 Å². The van der Waals surface area contributed by atoms with Gasteiger partial charge in [0.2, 0.25) is 0 Å². The summed E-state index contributed by atoms with van der Waals surface area (Å²) in [6.07, 6.45) is 1.76. The van der Waals surface area contributed by atoms with Gasteiger partial charge in [0.1, 0.15) is 11.6 Å². The molecule has 0 saturated carbocycles. The number of methoxy groups -OCH3 is 1. The summed E-state index contributed by atoms with van der Waals surface area (Å²) in [5.41, 5.74) is 1.79. The number of hydrogen-bond acceptors (Lipinski definition) is 4. The first-order valence-corrected chi connectivity index (χ1v) is 8.16. The fourth-order valence-electron chi connectivity index (χ4n) is 2.98. The number of likely N-dealkylation sites (tertiary alicyclic amines) is 1. The summed E-state index contributed by atoms with van der Waals surface area (Å²) in [6.45, 7) is 5.27. The van der Waals surface area contributed by atoms with Crippen LogP contribution in [0.3, 0.4) is 0 Å². The van der Waals surface area contributed by atoms with Gasteiger partial charge in [0.15, 0.2) is 5.82 Å². The van der Waals surface area contributed by atoms with Gasteiger partial charge in [-0.2, -0.15) is 5.10 Å². The molecular weight excluding hydrogens is 306 g/mol. The van der Waals surface area contributed by atoms with Crippen LogP contribution in [0.2, 0.25) is 0 Å². The lowest BCUT2D eigenvalue weighted by Gasteiger charge is -2.31. The first-order chi connectivity index (χ1) is 11.6. The van der Waals surface area contributed by atoms with E-state index in [4.69, 9.17) is 4.74 Å². The van der Waals surface area contributed by atoms with E-state index in [-0.39, 0.29) is 6.03 Å². The predicted octanol–water partition coefficient (Wildman–Crippen LogP) is 2.84. The second kappa shape index (κ2) is 6.90. The smallest absolute Gasteiger partial charge is 0.321 e. The van der Waals surface area contributed by atoms with Crippen LogP contribution in [0.4, 0.5) is 10.5 Å². The number of anilines is 1. The average molecular weight is 329 g/mol. The molecular formula is C17H23N5O2. The summed E-state index contributed by atoms with van der Waals surface area (Å²) >= 11 is 0. The summed E-state index contributed by atoms with van der Waals surface area (Å²) in [7, 11) is 1.63. The number of aryl methyl sites for hydroxylation is 2. The Morgan fingerprint density at radius 1 is 1.33 bits per heavy atom. The van der Waals surface area contributed by atoms with E-state index in [2.05, 4.69) is 20.5 Å². The average Bonchev–Trinajstić information content (AvgIpc) is 3.03. The molecule has 2 amide bonds. The van der Waals surface area contributed by atoms with Gasteiger partial charge in [-0.05, 0) is 50.5 Å². The Bertz CT molecular complexity index is 720. The molecule has 0 spiro atoms. The van der Waals surface area contributed by atoms with Gasteiger partial charge in [0.05, 0.1) is 7.11 Å². The Labute approximate surface area is 141 Å². The van der Waals surface area contributed by atoms with Crippen molar-refractivity contribution in [2.75, 3.05) is 25.5 Å². The molecule has 24 heavy (non-hydrogen) atoms. The SMILES string of the molecule is COc1ccc(NC(=O)N2CCC(c3n[nH]c(C)n3)CC2)c(C)c1. The third-order valence-electron chi connectivity index (χ3n) is 4.44. The van der Waals surface area contributed by atoms with E-state index in [0.29, 0.717) is 19.0 Å². The number of amides is 2. The minimum Gasteiger partial charge on any atom is -0.497 e. The first-order valence-electron chi connectivity index (χ1n) is 8.16. The van der Waals surface area contributed by atoms with Crippen molar-refractivity contribution < 1.29 is 9.53 Å². The molecule has 2 heterocycles. The Morgan fingerprint density at radius 3 is 2.67 bits per heavy atom. The Morgan fingerprint density at radius 2 is 2.08 bits per heavy atom. The van der Waals surface area contributed by atoms with Crippen molar-refractivity contribution in [2.45, 2.75) is 32.6 Å². The maximum absolute atomic E-state index is 12.5. The van der Waals surface area contributed by atoms with Crippen molar-refractivity contribution in [1.29, 1.82) is 0 Å². The van der Waals surface area contributed by atoms with Crippen LogP contribution in [0.5, 0.6) is 5.75 Å². The largest absolute Gasteiger partial charge is 0.497 e. The number of nitrogens with one attached hydrogen (secondary N) is 2. The lowest BCUT2D eigenvalue weighted by molar-refractivity contribution is 0.193. The van der Waals surface area contributed by atoms with Crippen LogP contribution in [-0.4, -0.2) is 46.3 Å². The second-order valence-electron chi connectivity index (χ2n) is 6.15. The van der Waals surface area contributed by atoms with E-state index >= 15 is 0 Å². The highest BCUT2D eigenvalue weighted by atomic mass is 16.5. The van der Waals surface area contributed by atoms with E-state index < -0.39 is 0 Å². The van der Waals surface area contributed by atoms with Crippen molar-refractivity contribution in [2.24, 2.45) is 0 Å². The molecule has 0 radical (unpaired) electrons. The maximum Gasteiger partial charge on any atom is 0.321 e. The Hall–Kier alpha value is -2.57. The van der Waals surface area contributed by atoms with Gasteiger partial charge in [-0.25, -0.2) is 9.78 Å². The highest BCUT2D eigenvalue weighted by Crippen LogP contribution is 2.26. The minimum absolute atomic E-state index is 0.0621. The number of H-pyrrole nitrogens is 1. The maximum atomic E-state index is 12.5. The molecule has 1 aliphatic heterocycles. The topological polar surface area (TPSA) is 83.1 Å². The van der Waals surface area contributed by atoms with Crippen LogP contribution >= 0.6 is 0 Å². The monoisotopic (exact) mass is 329 g/mol. The summed E-state index contributed by atoms with van der Waals surface area (Å²) < 4.78 is 5.19. The molecule has 1 aromatic heterocycles. The normalized spacial score (nSPS) is 15.4. The van der Waals surface area contributed by atoms with E-state index in [0.717, 1.165) is 41.5 Å². The molecule has 128 valence electrons. The summed E-state index contributed by atoms with van der Waals surface area (Å²) in [5.74, 6) is 2.80. The van der Waals surface area contributed by atoms with Gasteiger partial charge in [-0.15, -0.1) is 0 Å². The predicted molar refractivity (Wildman–Crippen MR) is 91.4 cm³/mol. The third kappa shape index (κ3) is 3.50. The standard InChI is InChI=1S/C17H23N5O2/c1-11-10-14(24-3)4-5-15(11)19-17(23)22-8-6-13(7-9-22)16-18-12(2)20-21-16/h4-5,10,13H,6-9H2,1-3H3,(H,19,23)(H,18,20,21). The van der Waals surface area contributed by atoms with Gasteiger partial charge in [-0.3, -0.25) is 5.10 Å². The fourth-order valence-corrected chi connectivity index (χ4v) is 2.98. The van der Waals surface area contributed by atoms with E-state index in [1.807, 2.05) is 36.9 Å². The van der Waals surface area contributed by atoms with Gasteiger partial charge in [0, 0.05) is 24.7 Å². The van der Waals surface area contributed by atoms with Gasteiger partial charge in [0.25, 0.3) is 0 Å². The number of carbonyl (C=O) groups excluding carboxylic acids is 1. The molecule has 7 heteroatoms. The quantitative estimate of drug-likeness (QED) is 0.907. The number of piperidine rings is 1. The number of benzene rings is 1. The summed E-state index contributed by atoms with van der Waals surface area (Å²) in [6, 6.07) is 5.57. The van der Waals surface area contributed by atoms with Crippen LogP contribution < -0.4 is 10.1 Å². The minimum atomic E-state index is -0.0621. The molecule has 0 aliphatic carbocycles. The first kappa shape index (κ1) is 16.3. The van der Waals surface area contributed by atoms with Crippen molar-refractivity contribution >= 4 is 11.7 Å². The zero-order valence-electron chi connectivity index (χ0n) is 14.3. The molecule has 1 aromatic carbocycles. The summed E-state index contributed by atoms with van der Waals surface area (Å²) in [5, 5.41) is 10.1. The van der Waals surface area contributed by atoms with E-state index in [1.165, 1.54) is 0 Å². The van der Waals surface area contributed by atoms with Crippen LogP contribution in [0, 0.1) is 13.8 Å². The number of nitrogens with zero attached hydrogens (tertiary/aromatic N) is 3. The molecule has 1 fully saturated rings. The van der Waals surface area contributed by atoms with E-state index in [1.54, 1.807) is 7.11 Å². The van der Waals surface area contributed by atoms with Crippen molar-refractivity contribution in [3.05, 3.63) is 35.4 Å². The zero-order valence-corrected chi connectivity index (χ0v) is 14.3. The number of ether oxygens (including phenoxy) is 1. The van der Waals surface area contributed by atoms with Crippen molar-refractivity contribution in [1.82, 2.24) is 20.1 Å². The molecule has 0 atom stereocenters. The van der Waals surface area contributed by atoms with E-state index in [9.17, 15) is 4.79 Å². The van der Waals surface area contributed by atoms with Crippen molar-refractivity contribution in [3.8, 4) is 5.75 Å². The highest BCUT2D eigenvalue weighted by Gasteiger charge is 2.26. The number of urea groups is 1. The van der Waals surface area contributed by atoms with Crippen LogP contribution in [-0.2, 0) is 0 Å². The Kier molecular flexibility index (Phi) is 4.69. The molecule has 0 unspecified atom stereocenters. The fraction of sp³-hybridized carbons (Fsp3) is 0.471. The Balaban J connectivity index is 1.57. The lowest BCUT2D eigenvalue weighted by atomic mass is 9.96. The van der Waals surface area contributed by atoms with Crippen LogP contribution in [0.25, 0.3) is 0 Å². The molecule has 7 nitrogen and oxygen atoms in total. The summed E-state index contributed by atoms with van der Waals surface area (Å²) in [4.78, 5) is 18.7. The third-order valence-corrected chi connectivity index (χ3v) is 4.44. The number of hydrogen-bond donors (Lipinski definition) is 2. The van der Waals surface area contributed by atoms with Crippen LogP contribution in [0.1, 0.15) is 36.0 Å². The zero-order chi connectivity index (χ0) is 17.1. The molecule has 1 saturated heterocycles. The molecule has 1 aliphatic rings. The van der Waals surface area contributed by atoms with Crippen LogP contribution in [0.15, 0.2) is 18.2 Å². The molecule has 2 N–H and O–H groups in total. The number of aromatic amines is 1. The molecule has 0 bridgehead atoms. The number of aromatic nitrogens is 3. The van der Waals surface area contributed by atoms with Gasteiger partial charge >= 0.3 is 6.03 Å². The second-order valence-corrected chi connectivity index (χ2v) is 6.15. The number of rotatable bonds is 3. The molecule has 2 aromatic rings.